The lowest BCUT2D eigenvalue weighted by molar-refractivity contribution is -0.0109. The lowest BCUT2D eigenvalue weighted by atomic mass is 9.78. The predicted octanol–water partition coefficient (Wildman–Crippen LogP) is 2.78. The van der Waals surface area contributed by atoms with Crippen molar-refractivity contribution in [3.8, 4) is 0 Å². The number of morpholine rings is 1. The highest BCUT2D eigenvalue weighted by molar-refractivity contribution is 5.81. The van der Waals surface area contributed by atoms with E-state index in [2.05, 4.69) is 37.3 Å². The van der Waals surface area contributed by atoms with Gasteiger partial charge < -0.3 is 9.84 Å². The van der Waals surface area contributed by atoms with Crippen LogP contribution in [0.15, 0.2) is 67.3 Å². The summed E-state index contributed by atoms with van der Waals surface area (Å²) < 4.78 is 5.62. The maximum Gasteiger partial charge on any atom is 0.410 e. The zero-order valence-corrected chi connectivity index (χ0v) is 16.4. The van der Waals surface area contributed by atoms with E-state index in [1.807, 2.05) is 36.7 Å². The normalized spacial score (nSPS) is 14.9. The van der Waals surface area contributed by atoms with E-state index in [0.717, 1.165) is 29.9 Å². The SMILES string of the molecule is O=C(O)Nc1cccc(CC(c2cccnc2)(c2cccnc2)N2CCOCC2)n1. The van der Waals surface area contributed by atoms with E-state index in [-0.39, 0.29) is 0 Å². The van der Waals surface area contributed by atoms with Crippen molar-refractivity contribution in [3.63, 3.8) is 0 Å². The van der Waals surface area contributed by atoms with Crippen molar-refractivity contribution in [1.29, 1.82) is 0 Å². The van der Waals surface area contributed by atoms with Gasteiger partial charge in [0.2, 0.25) is 0 Å². The van der Waals surface area contributed by atoms with Gasteiger partial charge in [-0.05, 0) is 35.4 Å². The first-order valence-corrected chi connectivity index (χ1v) is 9.78. The van der Waals surface area contributed by atoms with E-state index in [9.17, 15) is 4.79 Å². The molecule has 1 amide bonds. The molecule has 0 unspecified atom stereocenters. The van der Waals surface area contributed by atoms with Crippen molar-refractivity contribution in [2.24, 2.45) is 0 Å². The van der Waals surface area contributed by atoms with E-state index in [0.29, 0.717) is 25.5 Å². The number of hydrogen-bond donors (Lipinski definition) is 2. The molecule has 0 atom stereocenters. The number of hydrogen-bond acceptors (Lipinski definition) is 6. The molecule has 8 heteroatoms. The largest absolute Gasteiger partial charge is 0.465 e. The van der Waals surface area contributed by atoms with Crippen LogP contribution in [-0.4, -0.2) is 57.4 Å². The smallest absolute Gasteiger partial charge is 0.410 e. The zero-order valence-electron chi connectivity index (χ0n) is 16.4. The zero-order chi connectivity index (χ0) is 20.8. The number of amides is 1. The molecule has 0 aliphatic carbocycles. The third-order valence-electron chi connectivity index (χ3n) is 5.31. The van der Waals surface area contributed by atoms with E-state index in [4.69, 9.17) is 9.84 Å². The molecule has 3 aromatic heterocycles. The fourth-order valence-corrected chi connectivity index (χ4v) is 4.03. The molecule has 154 valence electrons. The van der Waals surface area contributed by atoms with Crippen LogP contribution in [-0.2, 0) is 16.7 Å². The fraction of sp³-hybridized carbons (Fsp3) is 0.273. The van der Waals surface area contributed by atoms with Crippen LogP contribution in [0.25, 0.3) is 0 Å². The Kier molecular flexibility index (Phi) is 5.97. The van der Waals surface area contributed by atoms with Crippen LogP contribution in [0.3, 0.4) is 0 Å². The summed E-state index contributed by atoms with van der Waals surface area (Å²) >= 11 is 0. The molecule has 0 bridgehead atoms. The van der Waals surface area contributed by atoms with Crippen molar-refractivity contribution >= 4 is 11.9 Å². The average Bonchev–Trinajstić information content (AvgIpc) is 2.79. The molecule has 1 aliphatic rings. The first-order valence-electron chi connectivity index (χ1n) is 9.78. The Bertz CT molecular complexity index is 939. The Labute approximate surface area is 174 Å². The van der Waals surface area contributed by atoms with Gasteiger partial charge in [0, 0.05) is 50.0 Å². The number of aromatic nitrogens is 3. The Morgan fingerprint density at radius 1 is 1.03 bits per heavy atom. The van der Waals surface area contributed by atoms with Gasteiger partial charge in [-0.2, -0.15) is 0 Å². The van der Waals surface area contributed by atoms with Crippen LogP contribution in [0.2, 0.25) is 0 Å². The number of ether oxygens (including phenoxy) is 1. The molecule has 0 aromatic carbocycles. The molecule has 1 aliphatic heterocycles. The second-order valence-corrected chi connectivity index (χ2v) is 7.06. The molecule has 0 saturated carbocycles. The number of nitrogens with zero attached hydrogens (tertiary/aromatic N) is 4. The Morgan fingerprint density at radius 3 is 2.27 bits per heavy atom. The molecule has 4 heterocycles. The van der Waals surface area contributed by atoms with Gasteiger partial charge in [-0.15, -0.1) is 0 Å². The average molecular weight is 405 g/mol. The molecule has 4 rings (SSSR count). The summed E-state index contributed by atoms with van der Waals surface area (Å²) in [6.07, 6.45) is 6.65. The molecule has 1 saturated heterocycles. The number of rotatable bonds is 6. The summed E-state index contributed by atoms with van der Waals surface area (Å²) in [4.78, 5) is 26.8. The Balaban J connectivity index is 1.85. The summed E-state index contributed by atoms with van der Waals surface area (Å²) in [5.74, 6) is 0.299. The lowest BCUT2D eigenvalue weighted by Gasteiger charge is -2.46. The number of nitrogens with one attached hydrogen (secondary N) is 1. The van der Waals surface area contributed by atoms with Crippen molar-refractivity contribution < 1.29 is 14.6 Å². The van der Waals surface area contributed by atoms with Gasteiger partial charge in [0.05, 0.1) is 18.8 Å². The first kappa shape index (κ1) is 19.9. The quantitative estimate of drug-likeness (QED) is 0.650. The standard InChI is InChI=1S/C22H23N5O3/c28-21(29)26-20-7-1-6-19(25-20)14-22(17-4-2-8-23-15-17,18-5-3-9-24-16-18)27-10-12-30-13-11-27/h1-9,15-16H,10-14H2,(H,25,26)(H,28,29). The van der Waals surface area contributed by atoms with E-state index < -0.39 is 11.6 Å². The van der Waals surface area contributed by atoms with Crippen LogP contribution in [0, 0.1) is 0 Å². The number of anilines is 1. The highest BCUT2D eigenvalue weighted by atomic mass is 16.5. The number of carbonyl (C=O) groups is 1. The Hall–Kier alpha value is -3.36. The summed E-state index contributed by atoms with van der Waals surface area (Å²) in [6, 6.07) is 13.3. The van der Waals surface area contributed by atoms with Crippen LogP contribution in [0.5, 0.6) is 0 Å². The summed E-state index contributed by atoms with van der Waals surface area (Å²) in [7, 11) is 0. The summed E-state index contributed by atoms with van der Waals surface area (Å²) in [5.41, 5.74) is 2.25. The van der Waals surface area contributed by atoms with Crippen LogP contribution in [0.4, 0.5) is 10.6 Å². The van der Waals surface area contributed by atoms with E-state index in [1.165, 1.54) is 0 Å². The number of pyridine rings is 3. The second kappa shape index (κ2) is 8.98. The number of carboxylic acid groups (broad SMARTS) is 1. The van der Waals surface area contributed by atoms with Gasteiger partial charge in [0.25, 0.3) is 0 Å². The van der Waals surface area contributed by atoms with E-state index >= 15 is 0 Å². The molecular formula is C22H23N5O3. The monoisotopic (exact) mass is 405 g/mol. The topological polar surface area (TPSA) is 100 Å². The van der Waals surface area contributed by atoms with E-state index in [1.54, 1.807) is 18.5 Å². The Morgan fingerprint density at radius 2 is 1.70 bits per heavy atom. The second-order valence-electron chi connectivity index (χ2n) is 7.06. The maximum atomic E-state index is 11.1. The van der Waals surface area contributed by atoms with Gasteiger partial charge in [0.1, 0.15) is 5.82 Å². The van der Waals surface area contributed by atoms with Gasteiger partial charge >= 0.3 is 6.09 Å². The highest BCUT2D eigenvalue weighted by Gasteiger charge is 2.42. The van der Waals surface area contributed by atoms with Gasteiger partial charge in [-0.3, -0.25) is 20.2 Å². The molecule has 0 radical (unpaired) electrons. The minimum Gasteiger partial charge on any atom is -0.465 e. The molecule has 3 aromatic rings. The maximum absolute atomic E-state index is 11.1. The van der Waals surface area contributed by atoms with Crippen molar-refractivity contribution in [3.05, 3.63) is 84.1 Å². The van der Waals surface area contributed by atoms with Crippen LogP contribution >= 0.6 is 0 Å². The third kappa shape index (κ3) is 4.14. The van der Waals surface area contributed by atoms with Gasteiger partial charge in [-0.25, -0.2) is 9.78 Å². The van der Waals surface area contributed by atoms with Crippen molar-refractivity contribution in [1.82, 2.24) is 19.9 Å². The summed E-state index contributed by atoms with van der Waals surface area (Å²) in [5, 5.41) is 11.4. The van der Waals surface area contributed by atoms with Gasteiger partial charge in [-0.1, -0.05) is 18.2 Å². The fourth-order valence-electron chi connectivity index (χ4n) is 4.03. The first-order chi connectivity index (χ1) is 14.7. The van der Waals surface area contributed by atoms with Crippen LogP contribution in [0.1, 0.15) is 16.8 Å². The minimum absolute atomic E-state index is 0.299. The highest BCUT2D eigenvalue weighted by Crippen LogP contribution is 2.39. The predicted molar refractivity (Wildman–Crippen MR) is 111 cm³/mol. The summed E-state index contributed by atoms with van der Waals surface area (Å²) in [6.45, 7) is 2.76. The third-order valence-corrected chi connectivity index (χ3v) is 5.31. The van der Waals surface area contributed by atoms with Crippen molar-refractivity contribution in [2.45, 2.75) is 12.0 Å². The molecule has 8 nitrogen and oxygen atoms in total. The minimum atomic E-state index is -1.14. The van der Waals surface area contributed by atoms with Crippen molar-refractivity contribution in [2.75, 3.05) is 31.6 Å². The van der Waals surface area contributed by atoms with Gasteiger partial charge in [0.15, 0.2) is 0 Å². The molecule has 1 fully saturated rings. The molecule has 0 spiro atoms. The molecular weight excluding hydrogens is 382 g/mol. The van der Waals surface area contributed by atoms with Crippen LogP contribution < -0.4 is 5.32 Å². The molecule has 2 N–H and O–H groups in total. The molecule has 30 heavy (non-hydrogen) atoms. The lowest BCUT2D eigenvalue weighted by Crippen LogP contribution is -2.53.